The molecule has 1 amide bonds. The van der Waals surface area contributed by atoms with Crippen LogP contribution < -0.4 is 5.32 Å². The van der Waals surface area contributed by atoms with Crippen molar-refractivity contribution >= 4 is 23.6 Å². The highest BCUT2D eigenvalue weighted by Crippen LogP contribution is 2.43. The maximum absolute atomic E-state index is 12.7. The fourth-order valence-electron chi connectivity index (χ4n) is 5.80. The van der Waals surface area contributed by atoms with Crippen LogP contribution in [0.15, 0.2) is 126 Å². The summed E-state index contributed by atoms with van der Waals surface area (Å²) in [5, 5.41) is 22.3. The number of thioether (sulfide) groups is 1. The van der Waals surface area contributed by atoms with E-state index in [2.05, 4.69) is 17.2 Å². The molecule has 0 bridgehead atoms. The number of carbonyl (C=O) groups excluding carboxylic acids is 1. The standard InChI is InChI=1S/C39H36N2O6S/c1-25-34(24-48-35-11-5-4-10-33(35)38(44)45)46-39(47-36(25)28-14-12-26(23-42)13-15-28)29-18-16-27(17-19-29)32-9-3-2-7-30(32)22-41-37(43)31-8-6-20-40-21-31/h2-21,25,34,36,39,42H,22-24H2,1H3,(H,41,43)(H,44,45). The first-order chi connectivity index (χ1) is 23.4. The van der Waals surface area contributed by atoms with Gasteiger partial charge in [0.25, 0.3) is 5.91 Å². The van der Waals surface area contributed by atoms with Crippen LogP contribution in [0, 0.1) is 5.92 Å². The Kier molecular flexibility index (Phi) is 10.6. The molecule has 4 aromatic carbocycles. The van der Waals surface area contributed by atoms with Crippen LogP contribution in [0.5, 0.6) is 0 Å². The third-order valence-electron chi connectivity index (χ3n) is 8.52. The van der Waals surface area contributed by atoms with Gasteiger partial charge in [0, 0.05) is 41.1 Å². The molecule has 0 spiro atoms. The summed E-state index contributed by atoms with van der Waals surface area (Å²) in [6.07, 6.45) is 1.98. The van der Waals surface area contributed by atoms with Gasteiger partial charge in [0.1, 0.15) is 0 Å². The molecule has 5 aromatic rings. The van der Waals surface area contributed by atoms with E-state index in [0.717, 1.165) is 33.4 Å². The third kappa shape index (κ3) is 7.67. The molecule has 0 aliphatic carbocycles. The average molecular weight is 661 g/mol. The van der Waals surface area contributed by atoms with Crippen molar-refractivity contribution in [3.05, 3.63) is 155 Å². The van der Waals surface area contributed by atoms with E-state index in [9.17, 15) is 19.8 Å². The van der Waals surface area contributed by atoms with E-state index in [1.165, 1.54) is 11.8 Å². The summed E-state index contributed by atoms with van der Waals surface area (Å²) in [4.78, 5) is 29.2. The van der Waals surface area contributed by atoms with E-state index in [1.807, 2.05) is 84.9 Å². The number of hydrogen-bond donors (Lipinski definition) is 3. The van der Waals surface area contributed by atoms with Gasteiger partial charge >= 0.3 is 5.97 Å². The summed E-state index contributed by atoms with van der Waals surface area (Å²) < 4.78 is 13.2. The van der Waals surface area contributed by atoms with Gasteiger partial charge in [-0.2, -0.15) is 0 Å². The molecule has 1 aromatic heterocycles. The number of pyridine rings is 1. The fraction of sp³-hybridized carbons (Fsp3) is 0.205. The van der Waals surface area contributed by atoms with Gasteiger partial charge in [-0.3, -0.25) is 9.78 Å². The van der Waals surface area contributed by atoms with Crippen LogP contribution in [-0.4, -0.2) is 38.9 Å². The molecule has 2 heterocycles. The molecule has 1 aliphatic heterocycles. The van der Waals surface area contributed by atoms with Gasteiger partial charge in [-0.1, -0.05) is 91.9 Å². The molecule has 0 radical (unpaired) electrons. The second-order valence-corrected chi connectivity index (χ2v) is 12.7. The summed E-state index contributed by atoms with van der Waals surface area (Å²) in [5.74, 6) is -0.656. The number of carboxylic acids is 1. The number of hydrogen-bond acceptors (Lipinski definition) is 7. The molecule has 1 fully saturated rings. The third-order valence-corrected chi connectivity index (χ3v) is 9.68. The monoisotopic (exact) mass is 660 g/mol. The number of nitrogens with zero attached hydrogens (tertiary/aromatic N) is 1. The van der Waals surface area contributed by atoms with Crippen LogP contribution in [0.25, 0.3) is 11.1 Å². The summed E-state index contributed by atoms with van der Waals surface area (Å²) in [5.41, 5.74) is 6.39. The number of aliphatic hydroxyl groups excluding tert-OH is 1. The van der Waals surface area contributed by atoms with E-state index in [0.29, 0.717) is 22.8 Å². The Labute approximate surface area is 283 Å². The van der Waals surface area contributed by atoms with Crippen molar-refractivity contribution in [3.63, 3.8) is 0 Å². The van der Waals surface area contributed by atoms with Crippen LogP contribution in [0.3, 0.4) is 0 Å². The number of aromatic carboxylic acids is 1. The Morgan fingerprint density at radius 3 is 2.31 bits per heavy atom. The van der Waals surface area contributed by atoms with Crippen LogP contribution >= 0.6 is 11.8 Å². The molecule has 3 N–H and O–H groups in total. The zero-order chi connectivity index (χ0) is 33.5. The first-order valence-electron chi connectivity index (χ1n) is 15.7. The second kappa shape index (κ2) is 15.4. The molecule has 0 saturated carbocycles. The molecule has 1 aliphatic rings. The summed E-state index contributed by atoms with van der Waals surface area (Å²) in [6.45, 7) is 2.41. The lowest BCUT2D eigenvalue weighted by atomic mass is 9.91. The van der Waals surface area contributed by atoms with Crippen LogP contribution in [0.4, 0.5) is 0 Å². The lowest BCUT2D eigenvalue weighted by molar-refractivity contribution is -0.268. The Bertz CT molecular complexity index is 1850. The minimum absolute atomic E-state index is 0.0400. The molecule has 9 heteroatoms. The van der Waals surface area contributed by atoms with Crippen molar-refractivity contribution in [2.24, 2.45) is 5.92 Å². The lowest BCUT2D eigenvalue weighted by Crippen LogP contribution is -2.38. The van der Waals surface area contributed by atoms with E-state index in [1.54, 1.807) is 36.7 Å². The van der Waals surface area contributed by atoms with Crippen LogP contribution in [0.2, 0.25) is 0 Å². The number of carboxylic acid groups (broad SMARTS) is 1. The Balaban J connectivity index is 1.22. The van der Waals surface area contributed by atoms with Crippen LogP contribution in [0.1, 0.15) is 62.3 Å². The highest BCUT2D eigenvalue weighted by atomic mass is 32.2. The summed E-state index contributed by atoms with van der Waals surface area (Å²) in [6, 6.07) is 34.2. The predicted octanol–water partition coefficient (Wildman–Crippen LogP) is 7.45. The van der Waals surface area contributed by atoms with Gasteiger partial charge in [-0.15, -0.1) is 11.8 Å². The van der Waals surface area contributed by atoms with E-state index >= 15 is 0 Å². The van der Waals surface area contributed by atoms with E-state index in [-0.39, 0.29) is 36.2 Å². The van der Waals surface area contributed by atoms with Crippen molar-refractivity contribution in [3.8, 4) is 11.1 Å². The molecular formula is C39H36N2O6S. The molecule has 4 atom stereocenters. The molecule has 8 nitrogen and oxygen atoms in total. The fourth-order valence-corrected chi connectivity index (χ4v) is 7.01. The Morgan fingerprint density at radius 1 is 0.854 bits per heavy atom. The number of ether oxygens (including phenoxy) is 2. The SMILES string of the molecule is CC1C(CSc2ccccc2C(=O)O)OC(c2ccc(-c3ccccc3CNC(=O)c3cccnc3)cc2)OC1c1ccc(CO)cc1. The van der Waals surface area contributed by atoms with Crippen molar-refractivity contribution in [2.45, 2.75) is 43.5 Å². The average Bonchev–Trinajstić information content (AvgIpc) is 3.14. The van der Waals surface area contributed by atoms with Gasteiger partial charge < -0.3 is 25.0 Å². The number of aliphatic hydroxyl groups is 1. The largest absolute Gasteiger partial charge is 0.478 e. The second-order valence-electron chi connectivity index (χ2n) is 11.6. The number of nitrogens with one attached hydrogen (secondary N) is 1. The van der Waals surface area contributed by atoms with Gasteiger partial charge in [0.2, 0.25) is 0 Å². The van der Waals surface area contributed by atoms with Crippen molar-refractivity contribution in [2.75, 3.05) is 5.75 Å². The first kappa shape index (κ1) is 33.1. The Hall–Kier alpha value is -4.80. The quantitative estimate of drug-likeness (QED) is 0.125. The zero-order valence-corrected chi connectivity index (χ0v) is 27.2. The van der Waals surface area contributed by atoms with Crippen molar-refractivity contribution in [1.82, 2.24) is 10.3 Å². The maximum atomic E-state index is 12.7. The smallest absolute Gasteiger partial charge is 0.336 e. The van der Waals surface area contributed by atoms with E-state index in [4.69, 9.17) is 9.47 Å². The van der Waals surface area contributed by atoms with Crippen molar-refractivity contribution < 1.29 is 29.3 Å². The topological polar surface area (TPSA) is 118 Å². The molecule has 48 heavy (non-hydrogen) atoms. The summed E-state index contributed by atoms with van der Waals surface area (Å²) in [7, 11) is 0. The predicted molar refractivity (Wildman–Crippen MR) is 184 cm³/mol. The minimum atomic E-state index is -0.962. The van der Waals surface area contributed by atoms with Crippen molar-refractivity contribution in [1.29, 1.82) is 0 Å². The zero-order valence-electron chi connectivity index (χ0n) is 26.4. The number of aromatic nitrogens is 1. The van der Waals surface area contributed by atoms with Gasteiger partial charge in [-0.25, -0.2) is 4.79 Å². The molecular weight excluding hydrogens is 625 g/mol. The van der Waals surface area contributed by atoms with Gasteiger partial charge in [-0.05, 0) is 52.1 Å². The molecule has 6 rings (SSSR count). The van der Waals surface area contributed by atoms with Gasteiger partial charge in [0.15, 0.2) is 6.29 Å². The minimum Gasteiger partial charge on any atom is -0.478 e. The highest BCUT2D eigenvalue weighted by Gasteiger charge is 2.38. The van der Waals surface area contributed by atoms with E-state index < -0.39 is 12.3 Å². The van der Waals surface area contributed by atoms with Crippen LogP contribution in [-0.2, 0) is 22.6 Å². The number of benzene rings is 4. The number of amides is 1. The number of carbonyl (C=O) groups is 2. The normalized spacial score (nSPS) is 19.0. The Morgan fingerprint density at radius 2 is 1.58 bits per heavy atom. The maximum Gasteiger partial charge on any atom is 0.336 e. The summed E-state index contributed by atoms with van der Waals surface area (Å²) >= 11 is 1.46. The molecule has 244 valence electrons. The van der Waals surface area contributed by atoms with Gasteiger partial charge in [0.05, 0.1) is 29.9 Å². The molecule has 4 unspecified atom stereocenters. The highest BCUT2D eigenvalue weighted by molar-refractivity contribution is 7.99. The molecule has 1 saturated heterocycles. The number of rotatable bonds is 11. The first-order valence-corrected chi connectivity index (χ1v) is 16.7. The lowest BCUT2D eigenvalue weighted by Gasteiger charge is -2.41.